The van der Waals surface area contributed by atoms with Gasteiger partial charge in [0.15, 0.2) is 0 Å². The van der Waals surface area contributed by atoms with Gasteiger partial charge in [0.1, 0.15) is 11.9 Å². The van der Waals surface area contributed by atoms with Crippen LogP contribution in [0.1, 0.15) is 99.8 Å². The molecule has 0 radical (unpaired) electrons. The molecule has 11 atom stereocenters. The summed E-state index contributed by atoms with van der Waals surface area (Å²) in [5.74, 6) is -0.202. The number of aliphatic hydroxyl groups is 2. The number of rotatable bonds is 6. The van der Waals surface area contributed by atoms with Crippen molar-refractivity contribution in [3.05, 3.63) is 12.7 Å². The number of thioether (sulfide) groups is 1. The van der Waals surface area contributed by atoms with Gasteiger partial charge in [-0.2, -0.15) is 0 Å². The third-order valence-electron chi connectivity index (χ3n) is 11.8. The molecule has 232 valence electrons. The average Bonchev–Trinajstić information content (AvgIpc) is 3.26. The fourth-order valence-electron chi connectivity index (χ4n) is 8.69. The van der Waals surface area contributed by atoms with Crippen LogP contribution in [0.5, 0.6) is 0 Å². The summed E-state index contributed by atoms with van der Waals surface area (Å²) in [5, 5.41) is 25.3. The van der Waals surface area contributed by atoms with Crippen LogP contribution in [0, 0.1) is 39.4 Å². The maximum atomic E-state index is 13.6. The number of hydrogen-bond donors (Lipinski definition) is 3. The molecule has 0 saturated heterocycles. The summed E-state index contributed by atoms with van der Waals surface area (Å²) >= 11 is 1.39. The molecule has 0 aromatic rings. The number of hydrogen-bond acceptors (Lipinski definition) is 7. The Morgan fingerprint density at radius 2 is 1.83 bits per heavy atom. The Hall–Kier alpha value is -1.38. The fraction of sp³-hybridized carbons (Fsp3) is 0.848. The van der Waals surface area contributed by atoms with Gasteiger partial charge >= 0.3 is 5.97 Å². The molecule has 1 amide bonds. The Balaban J connectivity index is 1.53. The Morgan fingerprint density at radius 1 is 1.15 bits per heavy atom. The largest absolute Gasteiger partial charge is 0.461 e. The minimum absolute atomic E-state index is 0.0134. The van der Waals surface area contributed by atoms with Crippen molar-refractivity contribution < 1.29 is 29.3 Å². The van der Waals surface area contributed by atoms with Gasteiger partial charge in [0, 0.05) is 39.9 Å². The Bertz CT molecular complexity index is 1040. The van der Waals surface area contributed by atoms with E-state index in [-0.39, 0.29) is 57.9 Å². The predicted octanol–water partition coefficient (Wildman–Crippen LogP) is 5.07. The fourth-order valence-corrected chi connectivity index (χ4v) is 9.84. The lowest BCUT2D eigenvalue weighted by Gasteiger charge is -2.61. The normalized spacial score (nSPS) is 44.8. The molecule has 4 saturated carbocycles. The molecule has 41 heavy (non-hydrogen) atoms. The number of nitrogens with one attached hydrogen (secondary N) is 1. The summed E-state index contributed by atoms with van der Waals surface area (Å²) in [6, 6.07) is -0.0375. The van der Waals surface area contributed by atoms with Crippen molar-refractivity contribution in [3.8, 4) is 0 Å². The van der Waals surface area contributed by atoms with Crippen molar-refractivity contribution in [2.24, 2.45) is 39.4 Å². The molecule has 4 rings (SSSR count). The number of Topliss-reactive ketones (excluding diaryl/α,β-unsaturated/α-hetero) is 1. The van der Waals surface area contributed by atoms with E-state index in [4.69, 9.17) is 4.74 Å². The molecule has 0 heterocycles. The van der Waals surface area contributed by atoms with Crippen molar-refractivity contribution in [2.75, 3.05) is 5.75 Å². The van der Waals surface area contributed by atoms with Gasteiger partial charge in [-0.3, -0.25) is 14.4 Å². The number of carbonyl (C=O) groups excluding carboxylic acids is 3. The van der Waals surface area contributed by atoms with Crippen molar-refractivity contribution in [2.45, 2.75) is 129 Å². The van der Waals surface area contributed by atoms with Crippen LogP contribution in [0.2, 0.25) is 0 Å². The molecule has 0 spiro atoms. The van der Waals surface area contributed by atoms with Crippen LogP contribution in [0.25, 0.3) is 0 Å². The summed E-state index contributed by atoms with van der Waals surface area (Å²) in [7, 11) is 0. The number of esters is 1. The number of aliphatic hydroxyl groups excluding tert-OH is 2. The monoisotopic (exact) mass is 591 g/mol. The molecular formula is C33H53NO6S. The minimum Gasteiger partial charge on any atom is -0.461 e. The van der Waals surface area contributed by atoms with E-state index in [1.165, 1.54) is 11.8 Å². The molecule has 3 N–H and O–H groups in total. The standard InChI is InChI=1S/C33H53NO6S/c1-9-31(7)17-25(32(8)19(2)12-14-33(20(3)28(31)38)15-13-23(36)27(32)33)40-26(37)18-41-24-16-21(10-11-22(24)35)34-29(39)30(4,5)6/h9,19-22,24-25,27-28,35,38H,1,10-18H2,2-8H3,(H,34,39)/t19?,20-,21-,22-,24+,25+,27-,28-,31+,32-,33?/m0/s1. The number of ether oxygens (including phenoxy) is 1. The number of carbonyl (C=O) groups is 3. The molecule has 4 aliphatic rings. The van der Waals surface area contributed by atoms with E-state index in [0.29, 0.717) is 32.1 Å². The summed E-state index contributed by atoms with van der Waals surface area (Å²) < 4.78 is 6.36. The zero-order valence-corrected chi connectivity index (χ0v) is 27.0. The highest BCUT2D eigenvalue weighted by atomic mass is 32.2. The molecule has 8 heteroatoms. The van der Waals surface area contributed by atoms with Gasteiger partial charge < -0.3 is 20.3 Å². The second kappa shape index (κ2) is 11.6. The molecule has 0 aromatic carbocycles. The quantitative estimate of drug-likeness (QED) is 0.292. The molecule has 2 unspecified atom stereocenters. The highest BCUT2D eigenvalue weighted by Crippen LogP contribution is 2.68. The van der Waals surface area contributed by atoms with Gasteiger partial charge in [0.05, 0.1) is 18.0 Å². The number of amides is 1. The van der Waals surface area contributed by atoms with E-state index in [1.54, 1.807) is 0 Å². The maximum Gasteiger partial charge on any atom is 0.316 e. The third-order valence-corrected chi connectivity index (χ3v) is 13.1. The first-order valence-electron chi connectivity index (χ1n) is 15.6. The number of ketones is 1. The minimum atomic E-state index is -0.695. The summed E-state index contributed by atoms with van der Waals surface area (Å²) in [6.07, 6.45) is 5.41. The Morgan fingerprint density at radius 3 is 2.46 bits per heavy atom. The molecule has 0 aliphatic heterocycles. The lowest BCUT2D eigenvalue weighted by atomic mass is 9.44. The lowest BCUT2D eigenvalue weighted by Crippen LogP contribution is -2.63. The first kappa shape index (κ1) is 32.5. The van der Waals surface area contributed by atoms with E-state index in [1.807, 2.05) is 33.8 Å². The second-order valence-electron chi connectivity index (χ2n) is 15.2. The first-order valence-corrected chi connectivity index (χ1v) is 16.7. The van der Waals surface area contributed by atoms with E-state index < -0.39 is 34.6 Å². The first-order chi connectivity index (χ1) is 19.0. The zero-order valence-electron chi connectivity index (χ0n) is 26.2. The molecule has 7 nitrogen and oxygen atoms in total. The van der Waals surface area contributed by atoms with Gasteiger partial charge in [-0.15, -0.1) is 18.3 Å². The van der Waals surface area contributed by atoms with Crippen molar-refractivity contribution >= 4 is 29.4 Å². The van der Waals surface area contributed by atoms with Gasteiger partial charge in [0.25, 0.3) is 0 Å². The van der Waals surface area contributed by atoms with Gasteiger partial charge in [-0.1, -0.05) is 54.5 Å². The highest BCUT2D eigenvalue weighted by Gasteiger charge is 2.68. The van der Waals surface area contributed by atoms with Crippen LogP contribution in [0.4, 0.5) is 0 Å². The van der Waals surface area contributed by atoms with Gasteiger partial charge in [0.2, 0.25) is 5.91 Å². The highest BCUT2D eigenvalue weighted by molar-refractivity contribution is 8.00. The van der Waals surface area contributed by atoms with Crippen LogP contribution in [-0.4, -0.2) is 63.2 Å². The molecule has 0 aromatic heterocycles. The zero-order chi connectivity index (χ0) is 30.5. The molecule has 4 aliphatic carbocycles. The van der Waals surface area contributed by atoms with Crippen LogP contribution < -0.4 is 5.32 Å². The van der Waals surface area contributed by atoms with Crippen LogP contribution in [0.3, 0.4) is 0 Å². The summed E-state index contributed by atoms with van der Waals surface area (Å²) in [5.41, 5.74) is -2.01. The second-order valence-corrected chi connectivity index (χ2v) is 16.4. The van der Waals surface area contributed by atoms with Gasteiger partial charge in [-0.25, -0.2) is 0 Å². The summed E-state index contributed by atoms with van der Waals surface area (Å²) in [4.78, 5) is 39.6. The summed E-state index contributed by atoms with van der Waals surface area (Å²) in [6.45, 7) is 18.2. The van der Waals surface area contributed by atoms with E-state index >= 15 is 0 Å². The van der Waals surface area contributed by atoms with Crippen molar-refractivity contribution in [3.63, 3.8) is 0 Å². The molecule has 2 bridgehead atoms. The molecule has 4 fully saturated rings. The maximum absolute atomic E-state index is 13.6. The third kappa shape index (κ3) is 5.78. The molecular weight excluding hydrogens is 538 g/mol. The van der Waals surface area contributed by atoms with Crippen LogP contribution in [-0.2, 0) is 19.1 Å². The van der Waals surface area contributed by atoms with E-state index in [9.17, 15) is 24.6 Å². The topological polar surface area (TPSA) is 113 Å². The lowest BCUT2D eigenvalue weighted by molar-refractivity contribution is -0.205. The van der Waals surface area contributed by atoms with Gasteiger partial charge in [-0.05, 0) is 62.2 Å². The van der Waals surface area contributed by atoms with Crippen LogP contribution in [0.15, 0.2) is 12.7 Å². The average molecular weight is 592 g/mol. The Kier molecular flexibility index (Phi) is 9.21. The SMILES string of the molecule is C=C[C@]1(C)C[C@@H](OC(=O)CS[C@@H]2C[C@@H](NC(=O)C(C)(C)C)CC[C@@H]2O)[C@]2(C)C(C)CCC3(CCC(=O)[C@H]32)[C@@H](C)[C@@H]1O. The van der Waals surface area contributed by atoms with Crippen LogP contribution >= 0.6 is 11.8 Å². The van der Waals surface area contributed by atoms with E-state index in [2.05, 4.69) is 32.7 Å². The van der Waals surface area contributed by atoms with Crippen molar-refractivity contribution in [1.82, 2.24) is 5.32 Å². The van der Waals surface area contributed by atoms with E-state index in [0.717, 1.165) is 19.3 Å². The predicted molar refractivity (Wildman–Crippen MR) is 162 cm³/mol. The smallest absolute Gasteiger partial charge is 0.316 e. The Labute approximate surface area is 251 Å². The van der Waals surface area contributed by atoms with Crippen molar-refractivity contribution in [1.29, 1.82) is 0 Å².